The van der Waals surface area contributed by atoms with Crippen LogP contribution in [0.15, 0.2) is 36.7 Å². The van der Waals surface area contributed by atoms with Crippen LogP contribution in [-0.2, 0) is 7.05 Å². The minimum atomic E-state index is -0.163. The second-order valence-electron chi connectivity index (χ2n) is 4.86. The van der Waals surface area contributed by atoms with Crippen LogP contribution in [0.3, 0.4) is 0 Å². The highest BCUT2D eigenvalue weighted by Crippen LogP contribution is 2.32. The summed E-state index contributed by atoms with van der Waals surface area (Å²) in [4.78, 5) is 8.86. The number of benzene rings is 1. The standard InChI is InChI=1S/C15H17N5OS/c1-10-17-15(22-19-10)18-13(14-16-8-9-20(14)2)11-6-4-5-7-12(11)21-3/h4-9,13H,1-3H3,(H,17,18,19)/t13-/m1/s1. The summed E-state index contributed by atoms with van der Waals surface area (Å²) < 4.78 is 11.7. The molecule has 0 fully saturated rings. The summed E-state index contributed by atoms with van der Waals surface area (Å²) in [7, 11) is 3.64. The number of hydrogen-bond acceptors (Lipinski definition) is 6. The van der Waals surface area contributed by atoms with Crippen molar-refractivity contribution in [3.8, 4) is 5.75 Å². The smallest absolute Gasteiger partial charge is 0.203 e. The molecular weight excluding hydrogens is 298 g/mol. The molecule has 7 heteroatoms. The molecule has 0 radical (unpaired) electrons. The Morgan fingerprint density at radius 2 is 2.14 bits per heavy atom. The molecule has 3 rings (SSSR count). The summed E-state index contributed by atoms with van der Waals surface area (Å²) in [6.45, 7) is 1.88. The predicted molar refractivity (Wildman–Crippen MR) is 86.3 cm³/mol. The molecule has 2 aromatic heterocycles. The van der Waals surface area contributed by atoms with Gasteiger partial charge in [-0.1, -0.05) is 18.2 Å². The molecule has 6 nitrogen and oxygen atoms in total. The molecular formula is C15H17N5OS. The molecule has 1 atom stereocenters. The van der Waals surface area contributed by atoms with Crippen LogP contribution in [0.5, 0.6) is 5.75 Å². The fourth-order valence-corrected chi connectivity index (χ4v) is 2.92. The van der Waals surface area contributed by atoms with E-state index in [1.807, 2.05) is 49.0 Å². The molecule has 0 aliphatic carbocycles. The largest absolute Gasteiger partial charge is 0.496 e. The molecule has 0 aliphatic rings. The van der Waals surface area contributed by atoms with Crippen molar-refractivity contribution >= 4 is 16.7 Å². The first kappa shape index (κ1) is 14.5. The fraction of sp³-hybridized carbons (Fsp3) is 0.267. The van der Waals surface area contributed by atoms with E-state index in [1.165, 1.54) is 11.5 Å². The first-order chi connectivity index (χ1) is 10.7. The number of nitrogens with zero attached hydrogens (tertiary/aromatic N) is 4. The number of methoxy groups -OCH3 is 1. The van der Waals surface area contributed by atoms with E-state index in [4.69, 9.17) is 4.74 Å². The van der Waals surface area contributed by atoms with Crippen molar-refractivity contribution in [2.45, 2.75) is 13.0 Å². The van der Waals surface area contributed by atoms with E-state index >= 15 is 0 Å². The predicted octanol–water partition coefficient (Wildman–Crippen LogP) is 2.79. The normalized spacial score (nSPS) is 12.1. The highest BCUT2D eigenvalue weighted by Gasteiger charge is 2.22. The Bertz CT molecular complexity index is 767. The van der Waals surface area contributed by atoms with Crippen LogP contribution in [0.1, 0.15) is 23.3 Å². The minimum Gasteiger partial charge on any atom is -0.496 e. The number of imidazole rings is 1. The number of aromatic nitrogens is 4. The van der Waals surface area contributed by atoms with Crippen molar-refractivity contribution in [3.05, 3.63) is 53.9 Å². The van der Waals surface area contributed by atoms with Crippen LogP contribution in [-0.4, -0.2) is 26.0 Å². The van der Waals surface area contributed by atoms with Crippen LogP contribution in [0.4, 0.5) is 5.13 Å². The van der Waals surface area contributed by atoms with Crippen molar-refractivity contribution < 1.29 is 4.74 Å². The van der Waals surface area contributed by atoms with E-state index < -0.39 is 0 Å². The van der Waals surface area contributed by atoms with E-state index in [0.717, 1.165) is 28.1 Å². The summed E-state index contributed by atoms with van der Waals surface area (Å²) >= 11 is 1.34. The second kappa shape index (κ2) is 6.15. The number of para-hydroxylation sites is 1. The van der Waals surface area contributed by atoms with Crippen LogP contribution >= 0.6 is 11.5 Å². The monoisotopic (exact) mass is 315 g/mol. The molecule has 0 saturated carbocycles. The molecule has 0 saturated heterocycles. The van der Waals surface area contributed by atoms with Gasteiger partial charge in [-0.25, -0.2) is 9.97 Å². The van der Waals surface area contributed by atoms with E-state index in [9.17, 15) is 0 Å². The maximum atomic E-state index is 5.50. The van der Waals surface area contributed by atoms with Crippen molar-refractivity contribution in [3.63, 3.8) is 0 Å². The van der Waals surface area contributed by atoms with Gasteiger partial charge >= 0.3 is 0 Å². The van der Waals surface area contributed by atoms with Crippen LogP contribution in [0, 0.1) is 6.92 Å². The SMILES string of the molecule is COc1ccccc1[C@@H](Nc1nc(C)ns1)c1nccn1C. The third-order valence-corrected chi connectivity index (χ3v) is 4.10. The lowest BCUT2D eigenvalue weighted by Crippen LogP contribution is -2.17. The Labute approximate surface area is 133 Å². The first-order valence-corrected chi connectivity index (χ1v) is 7.63. The Balaban J connectivity index is 2.05. The van der Waals surface area contributed by atoms with Gasteiger partial charge in [0.2, 0.25) is 5.13 Å². The highest BCUT2D eigenvalue weighted by atomic mass is 32.1. The van der Waals surface area contributed by atoms with E-state index in [1.54, 1.807) is 13.3 Å². The molecule has 0 bridgehead atoms. The maximum Gasteiger partial charge on any atom is 0.203 e. The van der Waals surface area contributed by atoms with E-state index in [2.05, 4.69) is 19.7 Å². The van der Waals surface area contributed by atoms with Crippen molar-refractivity contribution in [2.24, 2.45) is 7.05 Å². The Morgan fingerprint density at radius 3 is 2.77 bits per heavy atom. The quantitative estimate of drug-likeness (QED) is 0.784. The van der Waals surface area contributed by atoms with Gasteiger partial charge in [-0.2, -0.15) is 4.37 Å². The minimum absolute atomic E-state index is 0.163. The molecule has 0 unspecified atom stereocenters. The van der Waals surface area contributed by atoms with E-state index in [0.29, 0.717) is 0 Å². The Kier molecular flexibility index (Phi) is 4.06. The number of anilines is 1. The van der Waals surface area contributed by atoms with Gasteiger partial charge in [-0.15, -0.1) is 0 Å². The third kappa shape index (κ3) is 2.80. The summed E-state index contributed by atoms with van der Waals surface area (Å²) in [5.41, 5.74) is 1.01. The Hall–Kier alpha value is -2.41. The van der Waals surface area contributed by atoms with Gasteiger partial charge < -0.3 is 14.6 Å². The molecule has 0 amide bonds. The van der Waals surface area contributed by atoms with Gasteiger partial charge in [-0.3, -0.25) is 0 Å². The van der Waals surface area contributed by atoms with Crippen molar-refractivity contribution in [1.82, 2.24) is 18.9 Å². The molecule has 0 aliphatic heterocycles. The topological polar surface area (TPSA) is 64.9 Å². The maximum absolute atomic E-state index is 5.50. The van der Waals surface area contributed by atoms with Gasteiger partial charge in [0.25, 0.3) is 0 Å². The lowest BCUT2D eigenvalue weighted by molar-refractivity contribution is 0.408. The number of ether oxygens (including phenoxy) is 1. The van der Waals surface area contributed by atoms with Crippen molar-refractivity contribution in [2.75, 3.05) is 12.4 Å². The summed E-state index contributed by atoms with van der Waals surface area (Å²) in [5, 5.41) is 4.18. The van der Waals surface area contributed by atoms with Crippen LogP contribution in [0.25, 0.3) is 0 Å². The molecule has 2 heterocycles. The van der Waals surface area contributed by atoms with Gasteiger partial charge in [0.1, 0.15) is 23.4 Å². The number of hydrogen-bond donors (Lipinski definition) is 1. The molecule has 1 N–H and O–H groups in total. The zero-order chi connectivity index (χ0) is 15.5. The highest BCUT2D eigenvalue weighted by molar-refractivity contribution is 7.09. The number of rotatable bonds is 5. The molecule has 114 valence electrons. The summed E-state index contributed by atoms with van der Waals surface area (Å²) in [6, 6.07) is 7.74. The van der Waals surface area contributed by atoms with Gasteiger partial charge in [-0.05, 0) is 13.0 Å². The lowest BCUT2D eigenvalue weighted by atomic mass is 10.1. The van der Waals surface area contributed by atoms with Crippen LogP contribution in [0.2, 0.25) is 0 Å². The average Bonchev–Trinajstić information content (AvgIpc) is 3.13. The Morgan fingerprint density at radius 1 is 1.32 bits per heavy atom. The summed E-state index contributed by atoms with van der Waals surface area (Å²) in [5.74, 6) is 2.45. The third-order valence-electron chi connectivity index (χ3n) is 3.36. The summed E-state index contributed by atoms with van der Waals surface area (Å²) in [6.07, 6.45) is 3.70. The van der Waals surface area contributed by atoms with Gasteiger partial charge in [0, 0.05) is 36.5 Å². The second-order valence-corrected chi connectivity index (χ2v) is 5.61. The molecule has 22 heavy (non-hydrogen) atoms. The van der Waals surface area contributed by atoms with Gasteiger partial charge in [0.05, 0.1) is 7.11 Å². The zero-order valence-electron chi connectivity index (χ0n) is 12.6. The molecule has 0 spiro atoms. The lowest BCUT2D eigenvalue weighted by Gasteiger charge is -2.20. The van der Waals surface area contributed by atoms with Crippen molar-refractivity contribution in [1.29, 1.82) is 0 Å². The first-order valence-electron chi connectivity index (χ1n) is 6.86. The number of nitrogens with one attached hydrogen (secondary N) is 1. The molecule has 1 aromatic carbocycles. The zero-order valence-corrected chi connectivity index (χ0v) is 13.5. The van der Waals surface area contributed by atoms with Crippen LogP contribution < -0.4 is 10.1 Å². The van der Waals surface area contributed by atoms with E-state index in [-0.39, 0.29) is 6.04 Å². The van der Waals surface area contributed by atoms with Gasteiger partial charge in [0.15, 0.2) is 0 Å². The fourth-order valence-electron chi connectivity index (χ4n) is 2.32. The average molecular weight is 315 g/mol. The molecule has 3 aromatic rings. The number of aryl methyl sites for hydroxylation is 2.